The average Bonchev–Trinajstić information content (AvgIpc) is 2.96. The van der Waals surface area contributed by atoms with Gasteiger partial charge >= 0.3 is 6.09 Å². The number of halogens is 1. The third-order valence-corrected chi connectivity index (χ3v) is 4.24. The average molecular weight is 324 g/mol. The normalized spacial score (nSPS) is 19.5. The minimum atomic E-state index is -0.456. The van der Waals surface area contributed by atoms with Crippen LogP contribution in [0, 0.1) is 0 Å². The van der Waals surface area contributed by atoms with Crippen molar-refractivity contribution in [1.29, 1.82) is 0 Å². The maximum Gasteiger partial charge on any atom is 0.414 e. The van der Waals surface area contributed by atoms with Crippen LogP contribution in [0.25, 0.3) is 0 Å². The van der Waals surface area contributed by atoms with Gasteiger partial charge in [-0.25, -0.2) is 4.79 Å². The van der Waals surface area contributed by atoms with Gasteiger partial charge in [-0.3, -0.25) is 4.90 Å². The maximum atomic E-state index is 12.3. The van der Waals surface area contributed by atoms with Gasteiger partial charge in [0.1, 0.15) is 5.60 Å². The summed E-state index contributed by atoms with van der Waals surface area (Å²) < 4.78 is 6.51. The molecular weight excluding hydrogens is 306 g/mol. The molecule has 2 aliphatic rings. The molecule has 1 heterocycles. The van der Waals surface area contributed by atoms with E-state index in [9.17, 15) is 4.79 Å². The van der Waals surface area contributed by atoms with Gasteiger partial charge in [-0.15, -0.1) is 0 Å². The fourth-order valence-corrected chi connectivity index (χ4v) is 3.06. The van der Waals surface area contributed by atoms with Gasteiger partial charge in [-0.1, -0.05) is 22.0 Å². The second kappa shape index (κ2) is 3.98. The highest BCUT2D eigenvalue weighted by molar-refractivity contribution is 9.10. The predicted molar refractivity (Wildman–Crippen MR) is 78.6 cm³/mol. The van der Waals surface area contributed by atoms with Gasteiger partial charge < -0.3 is 4.74 Å². The summed E-state index contributed by atoms with van der Waals surface area (Å²) in [5, 5.41) is 0. The predicted octanol–water partition coefficient (Wildman–Crippen LogP) is 4.24. The van der Waals surface area contributed by atoms with Crippen molar-refractivity contribution in [3.05, 3.63) is 28.2 Å². The fourth-order valence-electron chi connectivity index (χ4n) is 2.71. The van der Waals surface area contributed by atoms with E-state index in [4.69, 9.17) is 4.74 Å². The molecular formula is C15H18BrNO2. The van der Waals surface area contributed by atoms with Crippen LogP contribution in [0.3, 0.4) is 0 Å². The van der Waals surface area contributed by atoms with Crippen molar-refractivity contribution in [3.63, 3.8) is 0 Å². The summed E-state index contributed by atoms with van der Waals surface area (Å²) in [4.78, 5) is 14.1. The minimum Gasteiger partial charge on any atom is -0.443 e. The molecule has 1 aliphatic carbocycles. The van der Waals surface area contributed by atoms with Gasteiger partial charge in [-0.2, -0.15) is 0 Å². The lowest BCUT2D eigenvalue weighted by Gasteiger charge is -2.25. The number of amides is 1. The summed E-state index contributed by atoms with van der Waals surface area (Å²) in [6.07, 6.45) is 2.10. The van der Waals surface area contributed by atoms with E-state index in [1.165, 1.54) is 18.4 Å². The quantitative estimate of drug-likeness (QED) is 0.714. The van der Waals surface area contributed by atoms with E-state index in [-0.39, 0.29) is 11.5 Å². The van der Waals surface area contributed by atoms with Crippen molar-refractivity contribution in [3.8, 4) is 0 Å². The number of anilines is 1. The third-order valence-electron chi connectivity index (χ3n) is 3.75. The Kier molecular flexibility index (Phi) is 2.72. The molecule has 3 rings (SSSR count). The number of hydrogen-bond acceptors (Lipinski definition) is 2. The van der Waals surface area contributed by atoms with Crippen molar-refractivity contribution >= 4 is 27.7 Å². The molecule has 0 bridgehead atoms. The van der Waals surface area contributed by atoms with Gasteiger partial charge in [0.2, 0.25) is 0 Å². The SMILES string of the molecule is CC(C)(C)OC(=O)N1CC2(CC2)c2ccc(Br)cc21. The molecule has 1 aromatic rings. The molecule has 1 saturated carbocycles. The Balaban J connectivity index is 1.94. The fraction of sp³-hybridized carbons (Fsp3) is 0.533. The van der Waals surface area contributed by atoms with E-state index in [1.54, 1.807) is 4.90 Å². The molecule has 1 aliphatic heterocycles. The van der Waals surface area contributed by atoms with Crippen molar-refractivity contribution in [2.24, 2.45) is 0 Å². The molecule has 0 unspecified atom stereocenters. The van der Waals surface area contributed by atoms with Gasteiger partial charge in [-0.05, 0) is 51.3 Å². The molecule has 102 valence electrons. The summed E-state index contributed by atoms with van der Waals surface area (Å²) in [7, 11) is 0. The molecule has 4 heteroatoms. The highest BCUT2D eigenvalue weighted by atomic mass is 79.9. The van der Waals surface area contributed by atoms with E-state index in [0.717, 1.165) is 16.7 Å². The van der Waals surface area contributed by atoms with Crippen LogP contribution in [0.1, 0.15) is 39.2 Å². The van der Waals surface area contributed by atoms with Crippen molar-refractivity contribution in [1.82, 2.24) is 0 Å². The molecule has 0 aromatic heterocycles. The lowest BCUT2D eigenvalue weighted by Crippen LogP contribution is -2.37. The van der Waals surface area contributed by atoms with E-state index in [0.29, 0.717) is 0 Å². The summed E-state index contributed by atoms with van der Waals surface area (Å²) in [6.45, 7) is 6.45. The van der Waals surface area contributed by atoms with Crippen LogP contribution >= 0.6 is 15.9 Å². The molecule has 0 atom stereocenters. The third kappa shape index (κ3) is 2.27. The standard InChI is InChI=1S/C15H18BrNO2/c1-14(2,3)19-13(18)17-9-15(6-7-15)11-5-4-10(16)8-12(11)17/h4-5,8H,6-7,9H2,1-3H3. The number of carbonyl (C=O) groups excluding carboxylic acids is 1. The molecule has 1 amide bonds. The zero-order valence-corrected chi connectivity index (χ0v) is 13.1. The first-order valence-corrected chi connectivity index (χ1v) is 7.41. The summed E-state index contributed by atoms with van der Waals surface area (Å²) >= 11 is 3.48. The van der Waals surface area contributed by atoms with Crippen molar-refractivity contribution in [2.75, 3.05) is 11.4 Å². The molecule has 0 radical (unpaired) electrons. The number of hydrogen-bond donors (Lipinski definition) is 0. The number of benzene rings is 1. The Morgan fingerprint density at radius 3 is 2.63 bits per heavy atom. The number of carbonyl (C=O) groups is 1. The van der Waals surface area contributed by atoms with Gasteiger partial charge in [0, 0.05) is 16.4 Å². The second-order valence-corrected chi connectivity index (χ2v) is 7.42. The number of ether oxygens (including phenoxy) is 1. The largest absolute Gasteiger partial charge is 0.443 e. The van der Waals surface area contributed by atoms with E-state index < -0.39 is 5.60 Å². The highest BCUT2D eigenvalue weighted by Crippen LogP contribution is 2.56. The van der Waals surface area contributed by atoms with E-state index in [1.807, 2.05) is 26.8 Å². The van der Waals surface area contributed by atoms with Crippen molar-refractivity contribution in [2.45, 2.75) is 44.6 Å². The first-order chi connectivity index (χ1) is 8.81. The first kappa shape index (κ1) is 13.0. The van der Waals surface area contributed by atoms with Gasteiger partial charge in [0.25, 0.3) is 0 Å². The summed E-state index contributed by atoms with van der Waals surface area (Å²) in [5.74, 6) is 0. The Bertz CT molecular complexity index is 544. The molecule has 1 fully saturated rings. The zero-order valence-electron chi connectivity index (χ0n) is 11.5. The molecule has 1 spiro atoms. The van der Waals surface area contributed by atoms with E-state index in [2.05, 4.69) is 28.1 Å². The Hall–Kier alpha value is -1.03. The van der Waals surface area contributed by atoms with Crippen LogP contribution in [0.15, 0.2) is 22.7 Å². The Labute approximate surface area is 122 Å². The van der Waals surface area contributed by atoms with E-state index >= 15 is 0 Å². The van der Waals surface area contributed by atoms with Gasteiger partial charge in [0.15, 0.2) is 0 Å². The lowest BCUT2D eigenvalue weighted by atomic mass is 9.99. The minimum absolute atomic E-state index is 0.201. The smallest absolute Gasteiger partial charge is 0.414 e. The molecule has 1 aromatic carbocycles. The monoisotopic (exact) mass is 323 g/mol. The molecule has 0 N–H and O–H groups in total. The molecule has 3 nitrogen and oxygen atoms in total. The summed E-state index contributed by atoms with van der Waals surface area (Å²) in [5.41, 5.74) is 2.04. The number of rotatable bonds is 0. The molecule has 0 saturated heterocycles. The zero-order chi connectivity index (χ0) is 13.8. The summed E-state index contributed by atoms with van der Waals surface area (Å²) in [6, 6.07) is 6.21. The number of fused-ring (bicyclic) bond motifs is 2. The Morgan fingerprint density at radius 1 is 1.37 bits per heavy atom. The Morgan fingerprint density at radius 2 is 2.05 bits per heavy atom. The topological polar surface area (TPSA) is 29.5 Å². The lowest BCUT2D eigenvalue weighted by molar-refractivity contribution is 0.0581. The maximum absolute atomic E-state index is 12.3. The van der Waals surface area contributed by atoms with Gasteiger partial charge in [0.05, 0.1) is 5.69 Å². The van der Waals surface area contributed by atoms with Crippen LogP contribution in [-0.4, -0.2) is 18.2 Å². The van der Waals surface area contributed by atoms with Crippen molar-refractivity contribution < 1.29 is 9.53 Å². The highest BCUT2D eigenvalue weighted by Gasteiger charge is 2.53. The van der Waals surface area contributed by atoms with Crippen LogP contribution in [-0.2, 0) is 10.2 Å². The number of nitrogens with zero attached hydrogens (tertiary/aromatic N) is 1. The second-order valence-electron chi connectivity index (χ2n) is 6.51. The molecule has 19 heavy (non-hydrogen) atoms. The van der Waals surface area contributed by atoms with Crippen LogP contribution in [0.2, 0.25) is 0 Å². The van der Waals surface area contributed by atoms with Crippen LogP contribution < -0.4 is 4.90 Å². The van der Waals surface area contributed by atoms with Crippen LogP contribution in [0.4, 0.5) is 10.5 Å². The first-order valence-electron chi connectivity index (χ1n) is 6.61. The van der Waals surface area contributed by atoms with Crippen LogP contribution in [0.5, 0.6) is 0 Å².